The van der Waals surface area contributed by atoms with Gasteiger partial charge in [-0.3, -0.25) is 4.79 Å². The molecule has 25 heavy (non-hydrogen) atoms. The molecule has 132 valence electrons. The summed E-state index contributed by atoms with van der Waals surface area (Å²) in [6.07, 6.45) is 3.77. The number of hydrogen-bond donors (Lipinski definition) is 2. The summed E-state index contributed by atoms with van der Waals surface area (Å²) in [6, 6.07) is 3.24. The van der Waals surface area contributed by atoms with Crippen LogP contribution in [0.25, 0.3) is 10.6 Å². The summed E-state index contributed by atoms with van der Waals surface area (Å²) >= 11 is 7.35. The Hall–Kier alpha value is -1.73. The lowest BCUT2D eigenvalue weighted by Gasteiger charge is -2.47. The highest BCUT2D eigenvalue weighted by Crippen LogP contribution is 2.46. The van der Waals surface area contributed by atoms with Crippen molar-refractivity contribution in [3.8, 4) is 10.6 Å². The van der Waals surface area contributed by atoms with E-state index in [2.05, 4.69) is 15.3 Å². The largest absolute Gasteiger partial charge is 0.481 e. The number of fused-ring (bicyclic) bond motifs is 3. The van der Waals surface area contributed by atoms with Crippen LogP contribution in [0, 0.1) is 23.6 Å². The van der Waals surface area contributed by atoms with Gasteiger partial charge in [-0.15, -0.1) is 11.3 Å². The Labute approximate surface area is 153 Å². The van der Waals surface area contributed by atoms with Gasteiger partial charge in [0.15, 0.2) is 11.6 Å². The average molecular weight is 382 g/mol. The molecule has 0 radical (unpaired) electrons. The molecule has 8 heteroatoms. The van der Waals surface area contributed by atoms with E-state index in [1.54, 1.807) is 6.07 Å². The molecule has 2 atom stereocenters. The summed E-state index contributed by atoms with van der Waals surface area (Å²) in [5.74, 6) is -1.59. The van der Waals surface area contributed by atoms with Crippen LogP contribution < -0.4 is 5.32 Å². The summed E-state index contributed by atoms with van der Waals surface area (Å²) in [6.45, 7) is 0. The minimum Gasteiger partial charge on any atom is -0.481 e. The number of nitrogens with zero attached hydrogens (tertiary/aromatic N) is 2. The van der Waals surface area contributed by atoms with Gasteiger partial charge in [0.05, 0.1) is 10.8 Å². The van der Waals surface area contributed by atoms with E-state index < -0.39 is 17.7 Å². The molecule has 0 aromatic carbocycles. The van der Waals surface area contributed by atoms with Crippen LogP contribution in [-0.4, -0.2) is 27.1 Å². The number of carboxylic acid groups (broad SMARTS) is 1. The molecule has 0 spiro atoms. The lowest BCUT2D eigenvalue weighted by molar-refractivity contribution is -0.148. The van der Waals surface area contributed by atoms with Crippen LogP contribution in [0.3, 0.4) is 0 Å². The molecule has 2 N–H and O–H groups in total. The normalized spacial score (nSPS) is 28.1. The van der Waals surface area contributed by atoms with Crippen molar-refractivity contribution in [2.24, 2.45) is 17.8 Å². The smallest absolute Gasteiger partial charge is 0.308 e. The Morgan fingerprint density at radius 2 is 2.00 bits per heavy atom. The highest BCUT2D eigenvalue weighted by Gasteiger charge is 2.47. The summed E-state index contributed by atoms with van der Waals surface area (Å²) < 4.78 is 15.0. The van der Waals surface area contributed by atoms with Crippen LogP contribution in [0.1, 0.15) is 25.7 Å². The fraction of sp³-hybridized carbons (Fsp3) is 0.471. The van der Waals surface area contributed by atoms with E-state index in [-0.39, 0.29) is 34.7 Å². The molecule has 2 aromatic rings. The van der Waals surface area contributed by atoms with Crippen molar-refractivity contribution >= 4 is 34.7 Å². The Balaban J connectivity index is 1.69. The zero-order valence-electron chi connectivity index (χ0n) is 13.3. The third-order valence-corrected chi connectivity index (χ3v) is 6.43. The van der Waals surface area contributed by atoms with Gasteiger partial charge in [0, 0.05) is 6.04 Å². The van der Waals surface area contributed by atoms with E-state index in [1.807, 2.05) is 11.4 Å². The number of hydrogen-bond acceptors (Lipinski definition) is 5. The Morgan fingerprint density at radius 1 is 1.28 bits per heavy atom. The van der Waals surface area contributed by atoms with Crippen molar-refractivity contribution in [3.05, 3.63) is 28.6 Å². The van der Waals surface area contributed by atoms with Gasteiger partial charge in [0.1, 0.15) is 5.69 Å². The third kappa shape index (κ3) is 3.00. The lowest BCUT2D eigenvalue weighted by Crippen LogP contribution is -2.51. The van der Waals surface area contributed by atoms with E-state index >= 15 is 0 Å². The first kappa shape index (κ1) is 16.7. The van der Waals surface area contributed by atoms with Crippen LogP contribution in [-0.2, 0) is 4.79 Å². The van der Waals surface area contributed by atoms with Crippen LogP contribution in [0.2, 0.25) is 5.28 Å². The topological polar surface area (TPSA) is 75.1 Å². The van der Waals surface area contributed by atoms with Crippen LogP contribution in [0.15, 0.2) is 17.5 Å². The van der Waals surface area contributed by atoms with Gasteiger partial charge in [-0.1, -0.05) is 6.07 Å². The number of carboxylic acids is 1. The van der Waals surface area contributed by atoms with Crippen molar-refractivity contribution in [3.63, 3.8) is 0 Å². The first-order chi connectivity index (χ1) is 12.0. The van der Waals surface area contributed by atoms with E-state index in [1.165, 1.54) is 11.3 Å². The minimum absolute atomic E-state index is 0.00722. The quantitative estimate of drug-likeness (QED) is 0.772. The van der Waals surface area contributed by atoms with Gasteiger partial charge in [-0.2, -0.15) is 4.98 Å². The van der Waals surface area contributed by atoms with Crippen molar-refractivity contribution in [1.29, 1.82) is 0 Å². The number of aliphatic carboxylic acids is 1. The fourth-order valence-corrected chi connectivity index (χ4v) is 5.14. The Kier molecular flexibility index (Phi) is 4.37. The lowest BCUT2D eigenvalue weighted by atomic mass is 9.61. The number of carbonyl (C=O) groups is 1. The molecule has 2 bridgehead atoms. The van der Waals surface area contributed by atoms with Gasteiger partial charge in [0.2, 0.25) is 5.28 Å². The Morgan fingerprint density at radius 3 is 2.64 bits per heavy atom. The highest BCUT2D eigenvalue weighted by molar-refractivity contribution is 7.13. The maximum atomic E-state index is 15.0. The Bertz CT molecular complexity index is 793. The molecule has 5 rings (SSSR count). The third-order valence-electron chi connectivity index (χ3n) is 5.39. The highest BCUT2D eigenvalue weighted by atomic mass is 35.5. The summed E-state index contributed by atoms with van der Waals surface area (Å²) in [5, 5.41) is 14.5. The maximum absolute atomic E-state index is 15.0. The molecule has 5 nitrogen and oxygen atoms in total. The van der Waals surface area contributed by atoms with E-state index in [9.17, 15) is 14.3 Å². The summed E-state index contributed by atoms with van der Waals surface area (Å²) in [7, 11) is 0. The van der Waals surface area contributed by atoms with Crippen molar-refractivity contribution in [2.75, 3.05) is 5.32 Å². The maximum Gasteiger partial charge on any atom is 0.308 e. The van der Waals surface area contributed by atoms with Gasteiger partial charge >= 0.3 is 5.97 Å². The first-order valence-corrected chi connectivity index (χ1v) is 9.56. The van der Waals surface area contributed by atoms with Gasteiger partial charge in [0.25, 0.3) is 0 Å². The first-order valence-electron chi connectivity index (χ1n) is 8.31. The second-order valence-corrected chi connectivity index (χ2v) is 7.98. The molecule has 3 aliphatic carbocycles. The second kappa shape index (κ2) is 6.53. The predicted octanol–water partition coefficient (Wildman–Crippen LogP) is 4.30. The van der Waals surface area contributed by atoms with Gasteiger partial charge in [-0.25, -0.2) is 9.37 Å². The number of aromatic nitrogens is 2. The van der Waals surface area contributed by atoms with E-state index in [4.69, 9.17) is 11.6 Å². The molecule has 0 amide bonds. The van der Waals surface area contributed by atoms with E-state index in [0.29, 0.717) is 4.88 Å². The number of thiophene rings is 1. The molecule has 3 saturated carbocycles. The number of rotatable bonds is 4. The minimum atomic E-state index is -0.828. The molecule has 2 heterocycles. The zero-order chi connectivity index (χ0) is 17.6. The monoisotopic (exact) mass is 381 g/mol. The summed E-state index contributed by atoms with van der Waals surface area (Å²) in [5.41, 5.74) is 0.144. The molecule has 2 aromatic heterocycles. The molecule has 0 saturated heterocycles. The molecule has 0 aliphatic heterocycles. The molecule has 3 fully saturated rings. The van der Waals surface area contributed by atoms with Crippen molar-refractivity contribution < 1.29 is 14.3 Å². The number of halogens is 2. The van der Waals surface area contributed by atoms with Crippen molar-refractivity contribution in [2.45, 2.75) is 31.7 Å². The average Bonchev–Trinajstić information content (AvgIpc) is 3.12. The molecule has 3 aliphatic rings. The second-order valence-electron chi connectivity index (χ2n) is 6.69. The zero-order valence-corrected chi connectivity index (χ0v) is 14.9. The van der Waals surface area contributed by atoms with Crippen molar-refractivity contribution in [1.82, 2.24) is 9.97 Å². The van der Waals surface area contributed by atoms with Gasteiger partial charge < -0.3 is 10.4 Å². The number of nitrogens with one attached hydrogen (secondary N) is 1. The summed E-state index contributed by atoms with van der Waals surface area (Å²) in [4.78, 5) is 20.4. The molecule has 2 unspecified atom stereocenters. The van der Waals surface area contributed by atoms with E-state index in [0.717, 1.165) is 25.7 Å². The predicted molar refractivity (Wildman–Crippen MR) is 94.3 cm³/mol. The SMILES string of the molecule is O=C(O)C1C2CCC(CC2)C1Nc1nc(Cl)nc(-c2cccs2)c1F. The van der Waals surface area contributed by atoms with Crippen LogP contribution in [0.5, 0.6) is 0 Å². The molecular weight excluding hydrogens is 365 g/mol. The fourth-order valence-electron chi connectivity index (χ4n) is 4.26. The van der Waals surface area contributed by atoms with Crippen LogP contribution >= 0.6 is 22.9 Å². The van der Waals surface area contributed by atoms with Crippen LogP contribution in [0.4, 0.5) is 10.2 Å². The van der Waals surface area contributed by atoms with Gasteiger partial charge in [-0.05, 0) is 60.6 Å². The standard InChI is InChI=1S/C17H17ClFN3O2S/c18-17-21-14(10-2-1-7-25-10)12(19)15(22-17)20-13-9-5-3-8(4-6-9)11(13)16(23)24/h1-2,7-9,11,13H,3-6H2,(H,23,24)(H,20,21,22). The number of anilines is 1. The molecular formula is C17H17ClFN3O2S.